The summed E-state index contributed by atoms with van der Waals surface area (Å²) in [5.74, 6) is 2.21. The second-order valence-electron chi connectivity index (χ2n) is 7.88. The molecular formula is C24H33NO3. The largest absolute Gasteiger partial charge is 0.496 e. The normalized spacial score (nSPS) is 12.2. The lowest BCUT2D eigenvalue weighted by Gasteiger charge is -2.21. The second kappa shape index (κ2) is 9.63. The highest BCUT2D eigenvalue weighted by molar-refractivity contribution is 5.78. The first-order chi connectivity index (χ1) is 13.2. The summed E-state index contributed by atoms with van der Waals surface area (Å²) in [5, 5.41) is 3.05. The average Bonchev–Trinajstić information content (AvgIpc) is 2.65. The van der Waals surface area contributed by atoms with Crippen molar-refractivity contribution in [1.82, 2.24) is 5.32 Å². The summed E-state index contributed by atoms with van der Waals surface area (Å²) in [6.07, 6.45) is 0. The van der Waals surface area contributed by atoms with E-state index in [2.05, 4.69) is 39.1 Å². The van der Waals surface area contributed by atoms with Crippen LogP contribution in [0, 0.1) is 6.92 Å². The zero-order valence-electron chi connectivity index (χ0n) is 18.1. The first-order valence-corrected chi connectivity index (χ1v) is 9.94. The molecule has 4 heteroatoms. The number of nitrogens with one attached hydrogen (secondary N) is 1. The minimum absolute atomic E-state index is 0.000311. The quantitative estimate of drug-likeness (QED) is 0.654. The third-order valence-electron chi connectivity index (χ3n) is 4.98. The Morgan fingerprint density at radius 3 is 2.18 bits per heavy atom. The van der Waals surface area contributed by atoms with Crippen molar-refractivity contribution < 1.29 is 14.3 Å². The average molecular weight is 384 g/mol. The molecule has 0 heterocycles. The van der Waals surface area contributed by atoms with E-state index in [1.807, 2.05) is 44.2 Å². The summed E-state index contributed by atoms with van der Waals surface area (Å²) in [6, 6.07) is 11.9. The maximum atomic E-state index is 12.5. The van der Waals surface area contributed by atoms with Crippen molar-refractivity contribution in [2.75, 3.05) is 13.7 Å². The summed E-state index contributed by atoms with van der Waals surface area (Å²) >= 11 is 0. The van der Waals surface area contributed by atoms with Gasteiger partial charge in [0.05, 0.1) is 13.2 Å². The fourth-order valence-corrected chi connectivity index (χ4v) is 3.40. The van der Waals surface area contributed by atoms with Crippen LogP contribution in [0.3, 0.4) is 0 Å². The van der Waals surface area contributed by atoms with Crippen molar-refractivity contribution in [2.45, 2.75) is 59.4 Å². The van der Waals surface area contributed by atoms with E-state index in [0.717, 1.165) is 33.8 Å². The number of hydrogen-bond acceptors (Lipinski definition) is 3. The van der Waals surface area contributed by atoms with Gasteiger partial charge in [-0.3, -0.25) is 4.79 Å². The van der Waals surface area contributed by atoms with Gasteiger partial charge in [0.25, 0.3) is 5.91 Å². The highest BCUT2D eigenvalue weighted by Crippen LogP contribution is 2.32. The number of benzene rings is 2. The number of methoxy groups -OCH3 is 1. The van der Waals surface area contributed by atoms with E-state index in [9.17, 15) is 4.79 Å². The molecule has 4 nitrogen and oxygen atoms in total. The Hall–Kier alpha value is -2.49. The first-order valence-electron chi connectivity index (χ1n) is 9.94. The van der Waals surface area contributed by atoms with Crippen molar-refractivity contribution in [3.05, 3.63) is 58.7 Å². The fraction of sp³-hybridized carbons (Fsp3) is 0.458. The lowest BCUT2D eigenvalue weighted by Crippen LogP contribution is -2.31. The van der Waals surface area contributed by atoms with Crippen LogP contribution >= 0.6 is 0 Å². The number of para-hydroxylation sites is 1. The Morgan fingerprint density at radius 1 is 0.929 bits per heavy atom. The van der Waals surface area contributed by atoms with Crippen LogP contribution in [0.15, 0.2) is 36.4 Å². The molecule has 0 saturated carbocycles. The van der Waals surface area contributed by atoms with Crippen molar-refractivity contribution in [3.63, 3.8) is 0 Å². The number of carbonyl (C=O) groups excluding carboxylic acids is 1. The SMILES string of the molecule is COc1cc(C)c([C@@H](C)NC(=O)COc2ccccc2C(C)C)cc1C(C)C. The Balaban J connectivity index is 2.08. The van der Waals surface area contributed by atoms with Crippen LogP contribution in [-0.2, 0) is 4.79 Å². The molecule has 0 radical (unpaired) electrons. The molecule has 1 atom stereocenters. The summed E-state index contributed by atoms with van der Waals surface area (Å²) in [4.78, 5) is 12.5. The third kappa shape index (κ3) is 5.28. The maximum absolute atomic E-state index is 12.5. The Labute approximate surface area is 169 Å². The Morgan fingerprint density at radius 2 is 1.57 bits per heavy atom. The van der Waals surface area contributed by atoms with E-state index >= 15 is 0 Å². The van der Waals surface area contributed by atoms with Gasteiger partial charge in [-0.1, -0.05) is 45.9 Å². The van der Waals surface area contributed by atoms with Crippen LogP contribution < -0.4 is 14.8 Å². The summed E-state index contributed by atoms with van der Waals surface area (Å²) in [7, 11) is 1.69. The van der Waals surface area contributed by atoms with Crippen LogP contribution in [-0.4, -0.2) is 19.6 Å². The second-order valence-corrected chi connectivity index (χ2v) is 7.88. The molecule has 1 N–H and O–H groups in total. The van der Waals surface area contributed by atoms with Gasteiger partial charge in [0.15, 0.2) is 6.61 Å². The molecule has 2 aromatic carbocycles. The van der Waals surface area contributed by atoms with Crippen LogP contribution in [0.1, 0.15) is 74.8 Å². The van der Waals surface area contributed by atoms with Gasteiger partial charge in [-0.25, -0.2) is 0 Å². The van der Waals surface area contributed by atoms with Gasteiger partial charge in [-0.15, -0.1) is 0 Å². The summed E-state index contributed by atoms with van der Waals surface area (Å²) in [5.41, 5.74) is 4.45. The van der Waals surface area contributed by atoms with Crippen LogP contribution in [0.5, 0.6) is 11.5 Å². The molecule has 0 unspecified atom stereocenters. The molecule has 0 saturated heterocycles. The molecule has 152 valence electrons. The molecule has 2 aromatic rings. The topological polar surface area (TPSA) is 47.6 Å². The molecule has 28 heavy (non-hydrogen) atoms. The fourth-order valence-electron chi connectivity index (χ4n) is 3.40. The van der Waals surface area contributed by atoms with Gasteiger partial charge in [-0.2, -0.15) is 0 Å². The Bertz CT molecular complexity index is 811. The molecular weight excluding hydrogens is 350 g/mol. The lowest BCUT2D eigenvalue weighted by molar-refractivity contribution is -0.123. The molecule has 0 aliphatic carbocycles. The molecule has 1 amide bonds. The standard InChI is InChI=1S/C24H33NO3/c1-15(2)19-10-8-9-11-22(19)28-14-24(26)25-18(6)21-13-20(16(3)4)23(27-7)12-17(21)5/h8-13,15-16,18H,14H2,1-7H3,(H,25,26)/t18-/m1/s1. The van der Waals surface area contributed by atoms with Crippen LogP contribution in [0.2, 0.25) is 0 Å². The van der Waals surface area contributed by atoms with Crippen LogP contribution in [0.25, 0.3) is 0 Å². The maximum Gasteiger partial charge on any atom is 0.258 e. The highest BCUT2D eigenvalue weighted by atomic mass is 16.5. The van der Waals surface area contributed by atoms with Gasteiger partial charge < -0.3 is 14.8 Å². The predicted octanol–water partition coefficient (Wildman–Crippen LogP) is 5.51. The molecule has 0 bridgehead atoms. The molecule has 2 rings (SSSR count). The van der Waals surface area contributed by atoms with Gasteiger partial charge in [0.1, 0.15) is 11.5 Å². The Kier molecular flexibility index (Phi) is 7.50. The van der Waals surface area contributed by atoms with E-state index < -0.39 is 0 Å². The number of rotatable bonds is 8. The van der Waals surface area contributed by atoms with E-state index in [-0.39, 0.29) is 18.6 Å². The van der Waals surface area contributed by atoms with E-state index in [1.54, 1.807) is 7.11 Å². The number of aryl methyl sites for hydroxylation is 1. The van der Waals surface area contributed by atoms with Crippen molar-refractivity contribution >= 4 is 5.91 Å². The smallest absolute Gasteiger partial charge is 0.258 e. The van der Waals surface area contributed by atoms with Crippen molar-refractivity contribution in [3.8, 4) is 11.5 Å². The number of amides is 1. The molecule has 0 aromatic heterocycles. The van der Waals surface area contributed by atoms with Crippen LogP contribution in [0.4, 0.5) is 0 Å². The number of hydrogen-bond donors (Lipinski definition) is 1. The van der Waals surface area contributed by atoms with Gasteiger partial charge in [0, 0.05) is 0 Å². The lowest BCUT2D eigenvalue weighted by atomic mass is 9.93. The van der Waals surface area contributed by atoms with Crippen molar-refractivity contribution in [2.24, 2.45) is 0 Å². The van der Waals surface area contributed by atoms with Crippen molar-refractivity contribution in [1.29, 1.82) is 0 Å². The zero-order valence-corrected chi connectivity index (χ0v) is 18.1. The minimum Gasteiger partial charge on any atom is -0.496 e. The molecule has 0 fully saturated rings. The zero-order chi connectivity index (χ0) is 20.8. The van der Waals surface area contributed by atoms with Gasteiger partial charge >= 0.3 is 0 Å². The number of ether oxygens (including phenoxy) is 2. The molecule has 0 aliphatic heterocycles. The minimum atomic E-state index is -0.132. The van der Waals surface area contributed by atoms with E-state index in [1.165, 1.54) is 0 Å². The summed E-state index contributed by atoms with van der Waals surface area (Å²) < 4.78 is 11.3. The molecule has 0 aliphatic rings. The predicted molar refractivity (Wildman–Crippen MR) is 114 cm³/mol. The van der Waals surface area contributed by atoms with Gasteiger partial charge in [0.2, 0.25) is 0 Å². The summed E-state index contributed by atoms with van der Waals surface area (Å²) in [6.45, 7) is 12.5. The van der Waals surface area contributed by atoms with Gasteiger partial charge in [-0.05, 0) is 66.1 Å². The highest BCUT2D eigenvalue weighted by Gasteiger charge is 2.17. The third-order valence-corrected chi connectivity index (χ3v) is 4.98. The van der Waals surface area contributed by atoms with E-state index in [0.29, 0.717) is 11.8 Å². The van der Waals surface area contributed by atoms with E-state index in [4.69, 9.17) is 9.47 Å². The monoisotopic (exact) mass is 383 g/mol. The number of carbonyl (C=O) groups is 1. The molecule has 0 spiro atoms. The first kappa shape index (κ1) is 21.8.